The molecule has 506 valence electrons. The van der Waals surface area contributed by atoms with Gasteiger partial charge in [0, 0.05) is 55.8 Å². The zero-order valence-electron chi connectivity index (χ0n) is 52.8. The summed E-state index contributed by atoms with van der Waals surface area (Å²) in [6.07, 6.45) is 20.0. The minimum absolute atomic E-state index is 0. The van der Waals surface area contributed by atoms with Crippen LogP contribution in [0.4, 0.5) is 0 Å². The predicted molar refractivity (Wildman–Crippen MR) is 359 cm³/mol. The summed E-state index contributed by atoms with van der Waals surface area (Å²) < 4.78 is 17.9. The fourth-order valence-electron chi connectivity index (χ4n) is 9.01. The van der Waals surface area contributed by atoms with Gasteiger partial charge >= 0.3 is 34.1 Å². The molecule has 0 bridgehead atoms. The van der Waals surface area contributed by atoms with E-state index < -0.39 is 0 Å². The van der Waals surface area contributed by atoms with E-state index in [0.717, 1.165) is 67.5 Å². The third-order valence-electron chi connectivity index (χ3n) is 13.9. The zero-order valence-corrected chi connectivity index (χ0v) is 58.1. The van der Waals surface area contributed by atoms with Crippen molar-refractivity contribution in [2.75, 3.05) is 19.8 Å². The Balaban J connectivity index is 0.000000306. The number of aromatic hydroxyl groups is 3. The summed E-state index contributed by atoms with van der Waals surface area (Å²) in [5.74, 6) is 0.383. The fourth-order valence-corrected chi connectivity index (χ4v) is 9.01. The molecular weight excluding hydrogens is 1420 g/mol. The number of aliphatic imine (C=N–C) groups is 3. The van der Waals surface area contributed by atoms with Crippen molar-refractivity contribution in [3.8, 4) is 51.4 Å². The normalized spacial score (nSPS) is 11.4. The van der Waals surface area contributed by atoms with Crippen molar-refractivity contribution in [2.45, 2.75) is 37.9 Å². The molecule has 3 unspecified atom stereocenters. The predicted octanol–water partition coefficient (Wildman–Crippen LogP) is 1.87. The first kappa shape index (κ1) is 81.9. The Hall–Kier alpha value is -9.50. The van der Waals surface area contributed by atoms with Crippen LogP contribution >= 0.6 is 0 Å². The van der Waals surface area contributed by atoms with Gasteiger partial charge in [-0.2, -0.15) is 0 Å². The van der Waals surface area contributed by atoms with Crippen LogP contribution in [-0.2, 0) is 68.2 Å². The number of halogens is 4. The van der Waals surface area contributed by atoms with Gasteiger partial charge in [0.2, 0.25) is 0 Å². The maximum absolute atomic E-state index is 9.38. The van der Waals surface area contributed by atoms with Crippen LogP contribution in [0.5, 0.6) is 17.2 Å². The molecule has 12 aromatic rings. The molecule has 0 aliphatic carbocycles. The van der Waals surface area contributed by atoms with Crippen LogP contribution in [0.3, 0.4) is 0 Å². The summed E-state index contributed by atoms with van der Waals surface area (Å²) in [6, 6.07) is 68.5. The number of rotatable bonds is 24. The molecule has 3 N–H and O–H groups in total. The SMILES string of the molecule is Oc1ccc(C=NC(COCc2ccc(-c3ccccn3)nc2)c2ccccc2)nc1.Oc1ccc(C=NC(COCc2ccc(-c3ccccn3)nc2)c2ccccc2)nc1.Oc1ccc(C=NC(COCc2ccc(-c3ccccn3)nc2)c2ccccc2)nc1.[Cl-].[Cl-].[Cl-].[Cl-].[Fe+2].[Fe+2]. The first-order valence-corrected chi connectivity index (χ1v) is 29.9. The van der Waals surface area contributed by atoms with E-state index in [1.165, 1.54) is 18.6 Å². The van der Waals surface area contributed by atoms with Crippen molar-refractivity contribution in [3.63, 3.8) is 0 Å². The number of ether oxygens (including phenoxy) is 3. The molecule has 24 heteroatoms. The summed E-state index contributed by atoms with van der Waals surface area (Å²) in [6.45, 7) is 2.56. The zero-order chi connectivity index (χ0) is 63.9. The molecule has 0 saturated carbocycles. The molecule has 0 fully saturated rings. The van der Waals surface area contributed by atoms with Crippen LogP contribution in [0.2, 0.25) is 0 Å². The van der Waals surface area contributed by atoms with E-state index in [1.807, 2.05) is 201 Å². The van der Waals surface area contributed by atoms with Gasteiger partial charge in [-0.15, -0.1) is 0 Å². The van der Waals surface area contributed by atoms with Gasteiger partial charge in [-0.25, -0.2) is 0 Å². The van der Waals surface area contributed by atoms with Gasteiger partial charge in [0.05, 0.1) is 128 Å². The third kappa shape index (κ3) is 27.4. The minimum atomic E-state index is -0.169. The summed E-state index contributed by atoms with van der Waals surface area (Å²) in [7, 11) is 0. The number of hydrogen-bond donors (Lipinski definition) is 3. The van der Waals surface area contributed by atoms with E-state index in [2.05, 4.69) is 59.8 Å². The molecule has 9 heterocycles. The van der Waals surface area contributed by atoms with E-state index in [4.69, 9.17) is 14.2 Å². The van der Waals surface area contributed by atoms with Crippen LogP contribution in [0.25, 0.3) is 34.2 Å². The molecule has 3 atom stereocenters. The molecule has 0 aliphatic heterocycles. The molecule has 9 aromatic heterocycles. The second-order valence-corrected chi connectivity index (χ2v) is 20.8. The monoisotopic (exact) mass is 1480 g/mol. The average molecular weight is 1480 g/mol. The smallest absolute Gasteiger partial charge is 1.00 e. The summed E-state index contributed by atoms with van der Waals surface area (Å²) in [5, 5.41) is 28.1. The molecule has 0 radical (unpaired) electrons. The van der Waals surface area contributed by atoms with Gasteiger partial charge in [0.1, 0.15) is 17.2 Å². The van der Waals surface area contributed by atoms with Crippen LogP contribution in [-0.4, -0.2) is 98.6 Å². The van der Waals surface area contributed by atoms with E-state index in [1.54, 1.807) is 73.6 Å². The quantitative estimate of drug-likeness (QED) is 0.0578. The molecule has 99 heavy (non-hydrogen) atoms. The van der Waals surface area contributed by atoms with Gasteiger partial charge in [0.15, 0.2) is 0 Å². The van der Waals surface area contributed by atoms with Crippen LogP contribution in [0.15, 0.2) is 289 Å². The molecule has 3 aromatic carbocycles. The molecule has 18 nitrogen and oxygen atoms in total. The van der Waals surface area contributed by atoms with Gasteiger partial charge in [0.25, 0.3) is 0 Å². The van der Waals surface area contributed by atoms with Crippen molar-refractivity contribution < 1.29 is 113 Å². The second-order valence-electron chi connectivity index (χ2n) is 20.8. The Bertz CT molecular complexity index is 3780. The maximum atomic E-state index is 9.38. The molecule has 12 rings (SSSR count). The molecular formula is C75H66Cl4Fe2N12O6. The van der Waals surface area contributed by atoms with Gasteiger partial charge in [-0.3, -0.25) is 59.8 Å². The van der Waals surface area contributed by atoms with Crippen molar-refractivity contribution in [2.24, 2.45) is 15.0 Å². The summed E-state index contributed by atoms with van der Waals surface area (Å²) >= 11 is 0. The molecule has 0 aliphatic rings. The van der Waals surface area contributed by atoms with Gasteiger partial charge < -0.3 is 79.2 Å². The average Bonchev–Trinajstić information content (AvgIpc) is 1.13. The van der Waals surface area contributed by atoms with E-state index >= 15 is 0 Å². The number of benzene rings is 3. The van der Waals surface area contributed by atoms with Crippen LogP contribution in [0.1, 0.15) is 68.6 Å². The number of aromatic nitrogens is 9. The van der Waals surface area contributed by atoms with E-state index in [-0.39, 0.29) is 119 Å². The Labute approximate surface area is 621 Å². The Morgan fingerprint density at radius 3 is 0.768 bits per heavy atom. The van der Waals surface area contributed by atoms with Crippen molar-refractivity contribution in [3.05, 3.63) is 325 Å². The molecule has 0 amide bonds. The van der Waals surface area contributed by atoms with Crippen LogP contribution in [0, 0.1) is 0 Å². The molecule has 0 spiro atoms. The van der Waals surface area contributed by atoms with Crippen LogP contribution < -0.4 is 49.6 Å². The standard InChI is InChI=1S/3C25H22N4O2.4ClH.2Fe/c3*30-22-11-10-21(27-16-22)15-29-25(20-6-2-1-3-7-20)18-31-17-19-9-12-24(28-14-19)23-8-4-5-13-26-23;;;;;;/h3*1-16,25,30H,17-18H2;4*1H;;/q;;;;;;;2*+2/p-4. The second kappa shape index (κ2) is 45.2. The van der Waals surface area contributed by atoms with Crippen molar-refractivity contribution >= 4 is 18.6 Å². The Morgan fingerprint density at radius 1 is 0.283 bits per heavy atom. The number of hydrogen-bond acceptors (Lipinski definition) is 18. The van der Waals surface area contributed by atoms with E-state index in [9.17, 15) is 15.3 Å². The Kier molecular flexibility index (Phi) is 37.4. The number of pyridine rings is 9. The minimum Gasteiger partial charge on any atom is -1.00 e. The fraction of sp³-hybridized carbons (Fsp3) is 0.120. The third-order valence-corrected chi connectivity index (χ3v) is 13.9. The van der Waals surface area contributed by atoms with Crippen molar-refractivity contribution in [1.29, 1.82) is 0 Å². The van der Waals surface area contributed by atoms with Crippen molar-refractivity contribution in [1.82, 2.24) is 44.9 Å². The topological polar surface area (TPSA) is 241 Å². The van der Waals surface area contributed by atoms with E-state index in [0.29, 0.717) is 56.7 Å². The van der Waals surface area contributed by atoms with Gasteiger partial charge in [-0.1, -0.05) is 127 Å². The largest absolute Gasteiger partial charge is 2.00 e. The number of nitrogens with zero attached hydrogens (tertiary/aromatic N) is 12. The summed E-state index contributed by atoms with van der Waals surface area (Å²) in [5.41, 5.74) is 13.2. The Morgan fingerprint density at radius 2 is 0.545 bits per heavy atom. The summed E-state index contributed by atoms with van der Waals surface area (Å²) in [4.78, 5) is 52.9. The first-order chi connectivity index (χ1) is 45.8. The first-order valence-electron chi connectivity index (χ1n) is 29.9. The maximum Gasteiger partial charge on any atom is 2.00 e. The molecule has 0 saturated heterocycles. The van der Waals surface area contributed by atoms with Gasteiger partial charge in [-0.05, 0) is 124 Å².